The van der Waals surface area contributed by atoms with Crippen LogP contribution in [0, 0.1) is 0 Å². The van der Waals surface area contributed by atoms with Crippen molar-refractivity contribution in [2.24, 2.45) is 0 Å². The van der Waals surface area contributed by atoms with Gasteiger partial charge < -0.3 is 4.74 Å². The van der Waals surface area contributed by atoms with Crippen molar-refractivity contribution in [3.8, 4) is 0 Å². The second kappa shape index (κ2) is 3.62. The highest BCUT2D eigenvalue weighted by molar-refractivity contribution is 6.44. The average Bonchev–Trinajstić information content (AvgIpc) is 2.73. The smallest absolute Gasteiger partial charge is 0.331 e. The fraction of sp³-hybridized carbons (Fsp3) is 0.667. The van der Waals surface area contributed by atoms with E-state index in [9.17, 15) is 14.4 Å². The minimum absolute atomic E-state index is 0.148. The molecule has 1 saturated heterocycles. The standard InChI is InChI=1S/C9H12N2O4/c1-15-6-4-2-3-5(6)11-8(13)7(12)10-9(11)14/h5-6H,2-4H2,1H3,(H,10,12,14). The maximum atomic E-state index is 11.4. The third-order valence-electron chi connectivity index (χ3n) is 2.90. The molecule has 0 aromatic carbocycles. The molecule has 0 aromatic rings. The van der Waals surface area contributed by atoms with Crippen LogP contribution < -0.4 is 5.32 Å². The number of methoxy groups -OCH3 is 1. The highest BCUT2D eigenvalue weighted by atomic mass is 16.5. The summed E-state index contributed by atoms with van der Waals surface area (Å²) in [4.78, 5) is 34.7. The molecule has 6 heteroatoms. The molecule has 2 atom stereocenters. The van der Waals surface area contributed by atoms with E-state index in [0.29, 0.717) is 6.42 Å². The summed E-state index contributed by atoms with van der Waals surface area (Å²) in [5.74, 6) is -1.62. The average molecular weight is 212 g/mol. The zero-order valence-corrected chi connectivity index (χ0v) is 8.36. The van der Waals surface area contributed by atoms with Crippen molar-refractivity contribution in [1.82, 2.24) is 10.2 Å². The number of urea groups is 1. The zero-order valence-electron chi connectivity index (χ0n) is 8.36. The molecular weight excluding hydrogens is 200 g/mol. The molecule has 4 amide bonds. The van der Waals surface area contributed by atoms with Crippen molar-refractivity contribution in [1.29, 1.82) is 0 Å². The van der Waals surface area contributed by atoms with Crippen molar-refractivity contribution < 1.29 is 19.1 Å². The molecule has 2 rings (SSSR count). The van der Waals surface area contributed by atoms with Gasteiger partial charge in [0.1, 0.15) is 0 Å². The number of carbonyl (C=O) groups excluding carboxylic acids is 3. The van der Waals surface area contributed by atoms with Crippen LogP contribution >= 0.6 is 0 Å². The summed E-state index contributed by atoms with van der Waals surface area (Å²) >= 11 is 0. The Morgan fingerprint density at radius 2 is 2.07 bits per heavy atom. The molecule has 2 fully saturated rings. The van der Waals surface area contributed by atoms with Gasteiger partial charge in [-0.3, -0.25) is 14.9 Å². The largest absolute Gasteiger partial charge is 0.379 e. The van der Waals surface area contributed by atoms with Crippen LogP contribution in [0.2, 0.25) is 0 Å². The number of imide groups is 2. The van der Waals surface area contributed by atoms with E-state index in [4.69, 9.17) is 4.74 Å². The zero-order chi connectivity index (χ0) is 11.0. The van der Waals surface area contributed by atoms with Crippen LogP contribution in [0.15, 0.2) is 0 Å². The van der Waals surface area contributed by atoms with Gasteiger partial charge in [-0.2, -0.15) is 0 Å². The molecule has 2 unspecified atom stereocenters. The Balaban J connectivity index is 2.19. The van der Waals surface area contributed by atoms with Crippen molar-refractivity contribution >= 4 is 17.8 Å². The highest BCUT2D eigenvalue weighted by Gasteiger charge is 2.45. The van der Waals surface area contributed by atoms with Crippen molar-refractivity contribution in [2.45, 2.75) is 31.4 Å². The molecule has 1 aliphatic carbocycles. The number of nitrogens with zero attached hydrogens (tertiary/aromatic N) is 1. The Morgan fingerprint density at radius 3 is 2.60 bits per heavy atom. The SMILES string of the molecule is COC1CCCC1N1C(=O)NC(=O)C1=O. The van der Waals surface area contributed by atoms with Crippen LogP contribution in [0.4, 0.5) is 4.79 Å². The van der Waals surface area contributed by atoms with Gasteiger partial charge in [-0.1, -0.05) is 0 Å². The Labute approximate surface area is 86.6 Å². The fourth-order valence-electron chi connectivity index (χ4n) is 2.19. The van der Waals surface area contributed by atoms with E-state index in [2.05, 4.69) is 0 Å². The summed E-state index contributed by atoms with van der Waals surface area (Å²) in [5.41, 5.74) is 0. The minimum Gasteiger partial charge on any atom is -0.379 e. The molecule has 0 aromatic heterocycles. The van der Waals surface area contributed by atoms with Gasteiger partial charge in [0.2, 0.25) is 0 Å². The predicted octanol–water partition coefficient (Wildman–Crippen LogP) is -0.368. The predicted molar refractivity (Wildman–Crippen MR) is 48.8 cm³/mol. The van der Waals surface area contributed by atoms with Gasteiger partial charge in [0.05, 0.1) is 12.1 Å². The molecule has 1 aliphatic heterocycles. The molecule has 1 N–H and O–H groups in total. The molecule has 15 heavy (non-hydrogen) atoms. The monoisotopic (exact) mass is 212 g/mol. The summed E-state index contributed by atoms with van der Waals surface area (Å²) in [5, 5.41) is 1.98. The third-order valence-corrected chi connectivity index (χ3v) is 2.90. The number of hydrogen-bond donors (Lipinski definition) is 1. The summed E-state index contributed by atoms with van der Waals surface area (Å²) in [6.45, 7) is 0. The van der Waals surface area contributed by atoms with Gasteiger partial charge in [-0.05, 0) is 19.3 Å². The van der Waals surface area contributed by atoms with Gasteiger partial charge in [-0.15, -0.1) is 0 Å². The molecule has 1 saturated carbocycles. The maximum absolute atomic E-state index is 11.4. The topological polar surface area (TPSA) is 75.7 Å². The molecule has 0 radical (unpaired) electrons. The summed E-state index contributed by atoms with van der Waals surface area (Å²) in [7, 11) is 1.54. The van der Waals surface area contributed by atoms with Crippen molar-refractivity contribution in [3.63, 3.8) is 0 Å². The minimum atomic E-state index is -0.846. The highest BCUT2D eigenvalue weighted by Crippen LogP contribution is 2.27. The van der Waals surface area contributed by atoms with E-state index in [1.165, 1.54) is 0 Å². The quantitative estimate of drug-likeness (QED) is 0.500. The van der Waals surface area contributed by atoms with Gasteiger partial charge in [0, 0.05) is 7.11 Å². The summed E-state index contributed by atoms with van der Waals surface area (Å²) in [6, 6.07) is -0.923. The lowest BCUT2D eigenvalue weighted by Gasteiger charge is -2.24. The number of amides is 4. The molecule has 82 valence electrons. The van der Waals surface area contributed by atoms with Gasteiger partial charge in [0.15, 0.2) is 0 Å². The molecule has 0 spiro atoms. The Bertz CT molecular complexity index is 328. The second-order valence-electron chi connectivity index (χ2n) is 3.71. The number of rotatable bonds is 2. The second-order valence-corrected chi connectivity index (χ2v) is 3.71. The van der Waals surface area contributed by atoms with Crippen molar-refractivity contribution in [2.75, 3.05) is 7.11 Å². The Morgan fingerprint density at radius 1 is 1.33 bits per heavy atom. The van der Waals surface area contributed by atoms with Gasteiger partial charge >= 0.3 is 17.8 Å². The fourth-order valence-corrected chi connectivity index (χ4v) is 2.19. The van der Waals surface area contributed by atoms with E-state index >= 15 is 0 Å². The molecular formula is C9H12N2O4. The Kier molecular flexibility index (Phi) is 2.44. The van der Waals surface area contributed by atoms with E-state index in [1.54, 1.807) is 7.11 Å². The van der Waals surface area contributed by atoms with Gasteiger partial charge in [-0.25, -0.2) is 9.69 Å². The van der Waals surface area contributed by atoms with Crippen LogP contribution in [0.3, 0.4) is 0 Å². The Hall–Kier alpha value is -1.43. The third kappa shape index (κ3) is 1.50. The molecule has 6 nitrogen and oxygen atoms in total. The lowest BCUT2D eigenvalue weighted by molar-refractivity contribution is -0.142. The first-order chi connectivity index (χ1) is 7.15. The van der Waals surface area contributed by atoms with Crippen LogP contribution in [0.1, 0.15) is 19.3 Å². The lowest BCUT2D eigenvalue weighted by Crippen LogP contribution is -2.45. The first kappa shape index (κ1) is 10.1. The summed E-state index contributed by atoms with van der Waals surface area (Å²) in [6.07, 6.45) is 2.26. The van der Waals surface area contributed by atoms with E-state index in [-0.39, 0.29) is 12.1 Å². The molecule has 2 aliphatic rings. The van der Waals surface area contributed by atoms with Crippen LogP contribution in [-0.2, 0) is 14.3 Å². The van der Waals surface area contributed by atoms with Crippen LogP contribution in [0.5, 0.6) is 0 Å². The number of nitrogens with one attached hydrogen (secondary N) is 1. The first-order valence-corrected chi connectivity index (χ1v) is 4.86. The number of hydrogen-bond acceptors (Lipinski definition) is 4. The maximum Gasteiger partial charge on any atom is 0.331 e. The van der Waals surface area contributed by atoms with Crippen LogP contribution in [-0.4, -0.2) is 42.0 Å². The van der Waals surface area contributed by atoms with E-state index < -0.39 is 17.8 Å². The number of carbonyl (C=O) groups is 3. The molecule has 0 bridgehead atoms. The first-order valence-electron chi connectivity index (χ1n) is 4.86. The lowest BCUT2D eigenvalue weighted by atomic mass is 10.2. The van der Waals surface area contributed by atoms with Gasteiger partial charge in [0.25, 0.3) is 0 Å². The van der Waals surface area contributed by atoms with E-state index in [1.807, 2.05) is 5.32 Å². The summed E-state index contributed by atoms with van der Waals surface area (Å²) < 4.78 is 5.18. The van der Waals surface area contributed by atoms with E-state index in [0.717, 1.165) is 17.7 Å². The van der Waals surface area contributed by atoms with Crippen molar-refractivity contribution in [3.05, 3.63) is 0 Å². The molecule has 1 heterocycles. The van der Waals surface area contributed by atoms with Crippen LogP contribution in [0.25, 0.3) is 0 Å². The normalized spacial score (nSPS) is 31.3. The number of ether oxygens (including phenoxy) is 1.